The Labute approximate surface area is 128 Å². The highest BCUT2D eigenvalue weighted by molar-refractivity contribution is 9.10. The molecule has 3 rings (SSSR count). The second-order valence-corrected chi connectivity index (χ2v) is 6.93. The van der Waals surface area contributed by atoms with Gasteiger partial charge < -0.3 is 10.1 Å². The number of halogens is 2. The fourth-order valence-electron chi connectivity index (χ4n) is 3.65. The molecule has 0 radical (unpaired) electrons. The van der Waals surface area contributed by atoms with Crippen molar-refractivity contribution in [3.05, 3.63) is 34.1 Å². The first kappa shape index (κ1) is 14.5. The number of nitrogens with one attached hydrogen (secondary N) is 1. The number of benzene rings is 1. The van der Waals surface area contributed by atoms with Gasteiger partial charge in [0.05, 0.1) is 10.1 Å². The highest BCUT2D eigenvalue weighted by Crippen LogP contribution is 2.47. The van der Waals surface area contributed by atoms with Crippen LogP contribution in [0.25, 0.3) is 0 Å². The molecule has 2 unspecified atom stereocenters. The molecule has 0 amide bonds. The summed E-state index contributed by atoms with van der Waals surface area (Å²) in [6.07, 6.45) is 5.80. The lowest BCUT2D eigenvalue weighted by Gasteiger charge is -2.48. The third-order valence-electron chi connectivity index (χ3n) is 4.88. The molecule has 2 aliphatic rings. The summed E-state index contributed by atoms with van der Waals surface area (Å²) in [6.45, 7) is 0.835. The van der Waals surface area contributed by atoms with Gasteiger partial charge in [0.25, 0.3) is 0 Å². The molecular weight excluding hydrogens is 321 g/mol. The number of rotatable bonds is 3. The molecule has 2 atom stereocenters. The summed E-state index contributed by atoms with van der Waals surface area (Å²) >= 11 is 3.22. The third-order valence-corrected chi connectivity index (χ3v) is 5.52. The van der Waals surface area contributed by atoms with Crippen LogP contribution in [0, 0.1) is 11.7 Å². The maximum absolute atomic E-state index is 13.8. The average Bonchev–Trinajstić information content (AvgIpc) is 2.42. The fourth-order valence-corrected chi connectivity index (χ4v) is 3.90. The summed E-state index contributed by atoms with van der Waals surface area (Å²) < 4.78 is 20.3. The molecule has 1 heterocycles. The Balaban J connectivity index is 1.79. The third kappa shape index (κ3) is 2.66. The Morgan fingerprint density at radius 2 is 2.25 bits per heavy atom. The normalized spacial score (nSPS) is 26.2. The minimum Gasteiger partial charge on any atom is -0.375 e. The Kier molecular flexibility index (Phi) is 4.16. The van der Waals surface area contributed by atoms with Gasteiger partial charge in [-0.3, -0.25) is 0 Å². The summed E-state index contributed by atoms with van der Waals surface area (Å²) in [6, 6.07) is 5.66. The first-order chi connectivity index (χ1) is 9.63. The first-order valence-corrected chi connectivity index (χ1v) is 8.19. The zero-order chi connectivity index (χ0) is 14.2. The molecule has 1 spiro atoms. The van der Waals surface area contributed by atoms with Gasteiger partial charge in [0.15, 0.2) is 0 Å². The summed E-state index contributed by atoms with van der Waals surface area (Å²) in [7, 11) is 1.97. The highest BCUT2D eigenvalue weighted by Gasteiger charge is 2.44. The molecule has 4 heteroatoms. The van der Waals surface area contributed by atoms with Crippen molar-refractivity contribution in [1.29, 1.82) is 0 Å². The van der Waals surface area contributed by atoms with E-state index in [1.807, 2.05) is 13.1 Å². The summed E-state index contributed by atoms with van der Waals surface area (Å²) in [5.74, 6) is 0.336. The van der Waals surface area contributed by atoms with Crippen LogP contribution in [0.1, 0.15) is 43.7 Å². The van der Waals surface area contributed by atoms with Gasteiger partial charge >= 0.3 is 0 Å². The van der Waals surface area contributed by atoms with E-state index in [0.717, 1.165) is 25.0 Å². The number of ether oxygens (including phenoxy) is 1. The van der Waals surface area contributed by atoms with Gasteiger partial charge in [-0.1, -0.05) is 6.07 Å². The van der Waals surface area contributed by atoms with E-state index in [2.05, 4.69) is 21.2 Å². The standard InChI is InChI=1S/C16H21BrFNO/c1-19-15(11-3-4-13(17)14(18)9-11)12-5-8-20-16(10-12)6-2-7-16/h3-4,9,12,15,19H,2,5-8,10H2,1H3. The van der Waals surface area contributed by atoms with E-state index >= 15 is 0 Å². The van der Waals surface area contributed by atoms with Crippen molar-refractivity contribution in [2.75, 3.05) is 13.7 Å². The summed E-state index contributed by atoms with van der Waals surface area (Å²) in [5.41, 5.74) is 1.17. The van der Waals surface area contributed by atoms with Crippen LogP contribution in [0.2, 0.25) is 0 Å². The van der Waals surface area contributed by atoms with E-state index < -0.39 is 0 Å². The predicted octanol–water partition coefficient (Wildman–Crippen LogP) is 4.20. The van der Waals surface area contributed by atoms with Crippen LogP contribution in [-0.2, 0) is 4.74 Å². The molecule has 1 aliphatic carbocycles. The second-order valence-electron chi connectivity index (χ2n) is 6.08. The molecule has 110 valence electrons. The molecular formula is C16H21BrFNO. The predicted molar refractivity (Wildman–Crippen MR) is 81.2 cm³/mol. The Morgan fingerprint density at radius 1 is 1.45 bits per heavy atom. The lowest BCUT2D eigenvalue weighted by atomic mass is 9.69. The van der Waals surface area contributed by atoms with E-state index in [-0.39, 0.29) is 17.5 Å². The first-order valence-electron chi connectivity index (χ1n) is 7.40. The zero-order valence-corrected chi connectivity index (χ0v) is 13.4. The van der Waals surface area contributed by atoms with Crippen LogP contribution >= 0.6 is 15.9 Å². The Hall–Kier alpha value is -0.450. The van der Waals surface area contributed by atoms with Gasteiger partial charge in [0.2, 0.25) is 0 Å². The maximum Gasteiger partial charge on any atom is 0.137 e. The van der Waals surface area contributed by atoms with Gasteiger partial charge in [-0.15, -0.1) is 0 Å². The maximum atomic E-state index is 13.8. The van der Waals surface area contributed by atoms with E-state index in [1.165, 1.54) is 19.3 Å². The van der Waals surface area contributed by atoms with E-state index in [1.54, 1.807) is 12.1 Å². The molecule has 1 aromatic carbocycles. The van der Waals surface area contributed by atoms with Crippen LogP contribution < -0.4 is 5.32 Å². The SMILES string of the molecule is CNC(c1ccc(Br)c(F)c1)C1CCOC2(CCC2)C1. The van der Waals surface area contributed by atoms with Crippen LogP contribution in [0.3, 0.4) is 0 Å². The molecule has 0 aromatic heterocycles. The Bertz CT molecular complexity index is 489. The number of hydrogen-bond donors (Lipinski definition) is 1. The van der Waals surface area contributed by atoms with Crippen molar-refractivity contribution in [2.45, 2.75) is 43.7 Å². The Morgan fingerprint density at radius 3 is 2.85 bits per heavy atom. The van der Waals surface area contributed by atoms with Crippen LogP contribution in [0.4, 0.5) is 4.39 Å². The quantitative estimate of drug-likeness (QED) is 0.889. The van der Waals surface area contributed by atoms with Gasteiger partial charge in [-0.25, -0.2) is 4.39 Å². The largest absolute Gasteiger partial charge is 0.375 e. The van der Waals surface area contributed by atoms with Crippen molar-refractivity contribution in [3.63, 3.8) is 0 Å². The van der Waals surface area contributed by atoms with Gasteiger partial charge in [-0.05, 0) is 78.7 Å². The van der Waals surface area contributed by atoms with Crippen molar-refractivity contribution in [2.24, 2.45) is 5.92 Å². The van der Waals surface area contributed by atoms with Crippen LogP contribution in [-0.4, -0.2) is 19.3 Å². The van der Waals surface area contributed by atoms with Crippen molar-refractivity contribution < 1.29 is 9.13 Å². The highest BCUT2D eigenvalue weighted by atomic mass is 79.9. The van der Waals surface area contributed by atoms with Gasteiger partial charge in [0.1, 0.15) is 5.82 Å². The summed E-state index contributed by atoms with van der Waals surface area (Å²) in [4.78, 5) is 0. The van der Waals surface area contributed by atoms with E-state index in [4.69, 9.17) is 4.74 Å². The minimum atomic E-state index is -0.187. The molecule has 2 fully saturated rings. The van der Waals surface area contributed by atoms with E-state index in [0.29, 0.717) is 10.4 Å². The van der Waals surface area contributed by atoms with E-state index in [9.17, 15) is 4.39 Å². The molecule has 2 nitrogen and oxygen atoms in total. The molecule has 1 saturated carbocycles. The van der Waals surface area contributed by atoms with Gasteiger partial charge in [-0.2, -0.15) is 0 Å². The zero-order valence-electron chi connectivity index (χ0n) is 11.8. The van der Waals surface area contributed by atoms with Crippen LogP contribution in [0.5, 0.6) is 0 Å². The number of hydrogen-bond acceptors (Lipinski definition) is 2. The minimum absolute atomic E-state index is 0.131. The van der Waals surface area contributed by atoms with Crippen molar-refractivity contribution >= 4 is 15.9 Å². The van der Waals surface area contributed by atoms with Gasteiger partial charge in [0, 0.05) is 12.6 Å². The lowest BCUT2D eigenvalue weighted by molar-refractivity contribution is -0.147. The fraction of sp³-hybridized carbons (Fsp3) is 0.625. The monoisotopic (exact) mass is 341 g/mol. The molecule has 1 aliphatic heterocycles. The van der Waals surface area contributed by atoms with Crippen molar-refractivity contribution in [3.8, 4) is 0 Å². The molecule has 0 bridgehead atoms. The molecule has 1 N–H and O–H groups in total. The van der Waals surface area contributed by atoms with Crippen LogP contribution in [0.15, 0.2) is 22.7 Å². The lowest BCUT2D eigenvalue weighted by Crippen LogP contribution is -2.47. The molecule has 1 saturated heterocycles. The van der Waals surface area contributed by atoms with Crippen molar-refractivity contribution in [1.82, 2.24) is 5.32 Å². The molecule has 1 aromatic rings. The molecule has 20 heavy (non-hydrogen) atoms. The smallest absolute Gasteiger partial charge is 0.137 e. The average molecular weight is 342 g/mol. The summed E-state index contributed by atoms with van der Waals surface area (Å²) in [5, 5.41) is 3.38. The topological polar surface area (TPSA) is 21.3 Å². The second kappa shape index (κ2) is 5.74.